The molecule has 1 aromatic carbocycles. The SMILES string of the molecule is C[N+]1(C)C2CCC1CC(COC(=O)N(Cc1cc(F)cc(F)c1)c1ccsc1)C2.[Br-]. The van der Waals surface area contributed by atoms with Gasteiger partial charge >= 0.3 is 6.09 Å². The standard InChI is InChI=1S/C22H27F2N2O2S.BrH/c1-26(2)20-3-4-21(26)10-16(9-20)13-28-22(27)25(19-5-6-29-14-19)12-15-7-17(23)11-18(24)8-15;/h5-8,11,14,16,20-21H,3-4,9-10,12-13H2,1-2H3;1H/q+1;/p-1. The summed E-state index contributed by atoms with van der Waals surface area (Å²) in [5.41, 5.74) is 1.06. The second-order valence-corrected chi connectivity index (χ2v) is 9.55. The van der Waals surface area contributed by atoms with Gasteiger partial charge in [-0.2, -0.15) is 11.3 Å². The highest BCUT2D eigenvalue weighted by atomic mass is 79.9. The summed E-state index contributed by atoms with van der Waals surface area (Å²) in [5, 5.41) is 3.69. The Morgan fingerprint density at radius 1 is 1.17 bits per heavy atom. The molecule has 2 aliphatic rings. The molecule has 164 valence electrons. The predicted octanol–water partition coefficient (Wildman–Crippen LogP) is 2.19. The normalized spacial score (nSPS) is 24.2. The lowest BCUT2D eigenvalue weighted by Crippen LogP contribution is -3.00. The number of benzene rings is 1. The van der Waals surface area contributed by atoms with Crippen LogP contribution in [0.5, 0.6) is 0 Å². The minimum absolute atomic E-state index is 0. The number of halogens is 3. The Bertz CT molecular complexity index is 842. The van der Waals surface area contributed by atoms with Crippen LogP contribution in [0.3, 0.4) is 0 Å². The van der Waals surface area contributed by atoms with E-state index in [0.29, 0.717) is 35.9 Å². The summed E-state index contributed by atoms with van der Waals surface area (Å²) < 4.78 is 33.9. The minimum atomic E-state index is -0.656. The highest BCUT2D eigenvalue weighted by molar-refractivity contribution is 7.08. The number of amides is 1. The first-order valence-electron chi connectivity index (χ1n) is 10.1. The Morgan fingerprint density at radius 3 is 2.37 bits per heavy atom. The predicted molar refractivity (Wildman–Crippen MR) is 110 cm³/mol. The van der Waals surface area contributed by atoms with Gasteiger partial charge in [0.2, 0.25) is 0 Å². The Morgan fingerprint density at radius 2 is 1.80 bits per heavy atom. The third kappa shape index (κ3) is 4.86. The number of hydrogen-bond donors (Lipinski definition) is 0. The molecule has 2 saturated heterocycles. The van der Waals surface area contributed by atoms with E-state index >= 15 is 0 Å². The molecule has 0 aliphatic carbocycles. The van der Waals surface area contributed by atoms with Gasteiger partial charge in [-0.3, -0.25) is 4.90 Å². The first-order chi connectivity index (χ1) is 13.8. The van der Waals surface area contributed by atoms with Crippen LogP contribution in [0.2, 0.25) is 0 Å². The Kier molecular flexibility index (Phi) is 7.20. The van der Waals surface area contributed by atoms with Crippen LogP contribution in [0.15, 0.2) is 35.0 Å². The van der Waals surface area contributed by atoms with Gasteiger partial charge in [0.25, 0.3) is 0 Å². The van der Waals surface area contributed by atoms with E-state index in [-0.39, 0.29) is 23.5 Å². The van der Waals surface area contributed by atoms with E-state index in [9.17, 15) is 13.6 Å². The number of carbonyl (C=O) groups is 1. The summed E-state index contributed by atoms with van der Waals surface area (Å²) in [6, 6.07) is 6.40. The molecule has 4 rings (SSSR count). The molecular weight excluding hydrogens is 474 g/mol. The zero-order valence-electron chi connectivity index (χ0n) is 17.2. The molecule has 0 spiro atoms. The van der Waals surface area contributed by atoms with Crippen molar-refractivity contribution in [2.45, 2.75) is 44.3 Å². The maximum atomic E-state index is 13.6. The van der Waals surface area contributed by atoms with Crippen molar-refractivity contribution in [2.24, 2.45) is 5.92 Å². The summed E-state index contributed by atoms with van der Waals surface area (Å²) in [6.45, 7) is 0.452. The van der Waals surface area contributed by atoms with E-state index in [1.165, 1.54) is 41.2 Å². The van der Waals surface area contributed by atoms with Crippen molar-refractivity contribution in [1.29, 1.82) is 0 Å². The van der Waals surface area contributed by atoms with Gasteiger partial charge in [-0.25, -0.2) is 13.6 Å². The Labute approximate surface area is 190 Å². The minimum Gasteiger partial charge on any atom is -1.00 e. The summed E-state index contributed by atoms with van der Waals surface area (Å²) in [6.07, 6.45) is 4.16. The molecule has 2 unspecified atom stereocenters. The van der Waals surface area contributed by atoms with Gasteiger partial charge in [0.05, 0.1) is 45.0 Å². The largest absolute Gasteiger partial charge is 1.00 e. The number of ether oxygens (including phenoxy) is 1. The number of nitrogens with zero attached hydrogens (tertiary/aromatic N) is 2. The van der Waals surface area contributed by atoms with Crippen LogP contribution in [0, 0.1) is 17.6 Å². The number of piperidine rings is 1. The number of rotatable bonds is 5. The van der Waals surface area contributed by atoms with Crippen molar-refractivity contribution >= 4 is 23.1 Å². The zero-order chi connectivity index (χ0) is 20.6. The second kappa shape index (κ2) is 9.32. The number of quaternary nitrogens is 1. The van der Waals surface area contributed by atoms with Crippen molar-refractivity contribution in [3.8, 4) is 0 Å². The summed E-state index contributed by atoms with van der Waals surface area (Å²) in [4.78, 5) is 14.3. The maximum absolute atomic E-state index is 13.6. The summed E-state index contributed by atoms with van der Waals surface area (Å²) >= 11 is 1.46. The number of anilines is 1. The molecule has 2 aliphatic heterocycles. The summed E-state index contributed by atoms with van der Waals surface area (Å²) in [7, 11) is 4.61. The fourth-order valence-electron chi connectivity index (χ4n) is 4.95. The average molecular weight is 501 g/mol. The number of fused-ring (bicyclic) bond motifs is 2. The first kappa shape index (κ1) is 23.2. The number of hydrogen-bond acceptors (Lipinski definition) is 3. The van der Waals surface area contributed by atoms with E-state index in [0.717, 1.165) is 23.4 Å². The number of thiophene rings is 1. The average Bonchev–Trinajstić information content (AvgIpc) is 3.19. The molecule has 8 heteroatoms. The molecule has 1 aromatic heterocycles. The zero-order valence-corrected chi connectivity index (χ0v) is 19.6. The smallest absolute Gasteiger partial charge is 0.414 e. The Hall–Kier alpha value is -1.51. The van der Waals surface area contributed by atoms with E-state index in [2.05, 4.69) is 14.1 Å². The monoisotopic (exact) mass is 500 g/mol. The highest BCUT2D eigenvalue weighted by Gasteiger charge is 2.49. The molecule has 1 amide bonds. The quantitative estimate of drug-likeness (QED) is 0.589. The molecule has 0 radical (unpaired) electrons. The van der Waals surface area contributed by atoms with E-state index in [1.807, 2.05) is 16.8 Å². The van der Waals surface area contributed by atoms with Gasteiger partial charge in [-0.15, -0.1) is 0 Å². The van der Waals surface area contributed by atoms with E-state index in [4.69, 9.17) is 4.74 Å². The second-order valence-electron chi connectivity index (χ2n) is 8.77. The van der Waals surface area contributed by atoms with Crippen molar-refractivity contribution in [1.82, 2.24) is 0 Å². The van der Waals surface area contributed by atoms with Crippen molar-refractivity contribution in [3.63, 3.8) is 0 Å². The molecule has 0 N–H and O–H groups in total. The molecule has 3 heterocycles. The first-order valence-corrected chi connectivity index (χ1v) is 11.0. The fraction of sp³-hybridized carbons (Fsp3) is 0.500. The van der Waals surface area contributed by atoms with Crippen LogP contribution in [-0.4, -0.2) is 43.4 Å². The van der Waals surface area contributed by atoms with Crippen LogP contribution in [0.1, 0.15) is 31.2 Å². The van der Waals surface area contributed by atoms with Gasteiger partial charge in [0.15, 0.2) is 0 Å². The van der Waals surface area contributed by atoms with Crippen LogP contribution in [-0.2, 0) is 11.3 Å². The third-order valence-electron chi connectivity index (χ3n) is 6.67. The Balaban J connectivity index is 0.00000256. The molecular formula is C22H27BrF2N2O2S. The van der Waals surface area contributed by atoms with Crippen molar-refractivity contribution < 1.29 is 39.8 Å². The lowest BCUT2D eigenvalue weighted by Gasteiger charge is -2.44. The fourth-order valence-corrected chi connectivity index (χ4v) is 5.60. The lowest BCUT2D eigenvalue weighted by molar-refractivity contribution is -0.931. The summed E-state index contributed by atoms with van der Waals surface area (Å²) in [5.74, 6) is -0.937. The molecule has 2 aromatic rings. The van der Waals surface area contributed by atoms with E-state index < -0.39 is 17.7 Å². The molecule has 30 heavy (non-hydrogen) atoms. The van der Waals surface area contributed by atoms with Crippen molar-refractivity contribution in [3.05, 3.63) is 52.2 Å². The topological polar surface area (TPSA) is 29.5 Å². The molecule has 2 fully saturated rings. The molecule has 2 bridgehead atoms. The lowest BCUT2D eigenvalue weighted by atomic mass is 9.90. The molecule has 4 nitrogen and oxygen atoms in total. The van der Waals surface area contributed by atoms with Gasteiger partial charge < -0.3 is 26.2 Å². The van der Waals surface area contributed by atoms with Gasteiger partial charge in [-0.1, -0.05) is 0 Å². The van der Waals surface area contributed by atoms with Gasteiger partial charge in [0.1, 0.15) is 11.6 Å². The van der Waals surface area contributed by atoms with Crippen molar-refractivity contribution in [2.75, 3.05) is 25.6 Å². The van der Waals surface area contributed by atoms with Crippen LogP contribution in [0.25, 0.3) is 0 Å². The van der Waals surface area contributed by atoms with Crippen LogP contribution in [0.4, 0.5) is 19.3 Å². The molecule has 2 atom stereocenters. The third-order valence-corrected chi connectivity index (χ3v) is 7.34. The highest BCUT2D eigenvalue weighted by Crippen LogP contribution is 2.42. The van der Waals surface area contributed by atoms with E-state index in [1.54, 1.807) is 0 Å². The van der Waals surface area contributed by atoms with Gasteiger partial charge in [0, 0.05) is 43.0 Å². The number of carbonyl (C=O) groups excluding carboxylic acids is 1. The maximum Gasteiger partial charge on any atom is 0.414 e. The van der Waals surface area contributed by atoms with Crippen LogP contribution >= 0.6 is 11.3 Å². The van der Waals surface area contributed by atoms with Crippen LogP contribution < -0.4 is 21.9 Å². The molecule has 0 saturated carbocycles. The van der Waals surface area contributed by atoms with Gasteiger partial charge in [-0.05, 0) is 29.1 Å².